The highest BCUT2D eigenvalue weighted by Gasteiger charge is 2.31. The molecule has 0 unspecified atom stereocenters. The van der Waals surface area contributed by atoms with E-state index in [-0.39, 0.29) is 11.8 Å². The second-order valence-electron chi connectivity index (χ2n) is 7.28. The minimum absolute atomic E-state index is 0.0191. The molecule has 1 fully saturated rings. The molecule has 1 aliphatic heterocycles. The maximum absolute atomic E-state index is 13.1. The van der Waals surface area contributed by atoms with Crippen molar-refractivity contribution in [3.05, 3.63) is 65.3 Å². The van der Waals surface area contributed by atoms with Crippen molar-refractivity contribution in [2.24, 2.45) is 0 Å². The van der Waals surface area contributed by atoms with Gasteiger partial charge in [-0.05, 0) is 37.8 Å². The second kappa shape index (κ2) is 7.96. The highest BCUT2D eigenvalue weighted by Crippen LogP contribution is 2.28. The molecule has 0 radical (unpaired) electrons. The minimum Gasteiger partial charge on any atom is -0.361 e. The number of nitrogens with zero attached hydrogens (tertiary/aromatic N) is 5. The van der Waals surface area contributed by atoms with Crippen LogP contribution in [0.25, 0.3) is 0 Å². The van der Waals surface area contributed by atoms with Gasteiger partial charge in [0.05, 0.1) is 12.2 Å². The summed E-state index contributed by atoms with van der Waals surface area (Å²) in [6.45, 7) is 5.95. The Bertz CT molecular complexity index is 947. The monoisotopic (exact) mass is 379 g/mol. The van der Waals surface area contributed by atoms with Crippen molar-refractivity contribution < 1.29 is 9.32 Å². The topological polar surface area (TPSA) is 77.0 Å². The number of aromatic nitrogens is 4. The predicted molar refractivity (Wildman–Crippen MR) is 104 cm³/mol. The molecule has 0 bridgehead atoms. The van der Waals surface area contributed by atoms with Gasteiger partial charge in [0.1, 0.15) is 17.1 Å². The lowest BCUT2D eigenvalue weighted by Gasteiger charge is -2.32. The van der Waals surface area contributed by atoms with E-state index < -0.39 is 0 Å². The first-order valence-corrected chi connectivity index (χ1v) is 9.81. The number of likely N-dealkylation sites (tertiary alicyclic amines) is 1. The summed E-state index contributed by atoms with van der Waals surface area (Å²) in [6, 6.07) is 4.01. The van der Waals surface area contributed by atoms with Crippen molar-refractivity contribution in [1.29, 1.82) is 0 Å². The number of hydrogen-bond donors (Lipinski definition) is 0. The van der Waals surface area contributed by atoms with Gasteiger partial charge >= 0.3 is 0 Å². The molecule has 1 aliphatic rings. The SMILES string of the molecule is CCc1noc(C)c1C(=O)N1CCC[C@@H](c2nccn2Cc2cccnc2)C1. The zero-order valence-electron chi connectivity index (χ0n) is 16.3. The summed E-state index contributed by atoms with van der Waals surface area (Å²) in [5, 5.41) is 4.04. The molecule has 7 nitrogen and oxygen atoms in total. The number of rotatable bonds is 5. The average molecular weight is 379 g/mol. The van der Waals surface area contributed by atoms with Crippen molar-refractivity contribution >= 4 is 5.91 Å². The molecule has 4 rings (SSSR count). The summed E-state index contributed by atoms with van der Waals surface area (Å²) in [7, 11) is 0. The van der Waals surface area contributed by atoms with Gasteiger partial charge in [0.15, 0.2) is 0 Å². The molecular formula is C21H25N5O2. The van der Waals surface area contributed by atoms with E-state index in [2.05, 4.69) is 25.8 Å². The number of carbonyl (C=O) groups excluding carboxylic acids is 1. The second-order valence-corrected chi connectivity index (χ2v) is 7.28. The van der Waals surface area contributed by atoms with Crippen molar-refractivity contribution in [2.75, 3.05) is 13.1 Å². The standard InChI is InChI=1S/C21H25N5O2/c1-3-18-19(15(2)28-24-18)21(27)26-10-5-7-17(14-26)20-23-9-11-25(20)13-16-6-4-8-22-12-16/h4,6,8-9,11-12,17H,3,5,7,10,13-14H2,1-2H3/t17-/m1/s1. The Hall–Kier alpha value is -2.96. The summed E-state index contributed by atoms with van der Waals surface area (Å²) in [6.07, 6.45) is 10.2. The Balaban J connectivity index is 1.53. The van der Waals surface area contributed by atoms with Crippen molar-refractivity contribution in [3.8, 4) is 0 Å². The number of imidazole rings is 1. The van der Waals surface area contributed by atoms with Gasteiger partial charge in [-0.15, -0.1) is 0 Å². The van der Waals surface area contributed by atoms with Gasteiger partial charge in [-0.2, -0.15) is 0 Å². The molecule has 0 spiro atoms. The van der Waals surface area contributed by atoms with Gasteiger partial charge in [-0.1, -0.05) is 18.1 Å². The van der Waals surface area contributed by atoms with Crippen LogP contribution in [0.3, 0.4) is 0 Å². The van der Waals surface area contributed by atoms with E-state index in [0.717, 1.165) is 43.0 Å². The molecule has 0 aromatic carbocycles. The highest BCUT2D eigenvalue weighted by molar-refractivity contribution is 5.96. The van der Waals surface area contributed by atoms with Crippen LogP contribution in [0.5, 0.6) is 0 Å². The van der Waals surface area contributed by atoms with Gasteiger partial charge in [0, 0.05) is 43.8 Å². The fraction of sp³-hybridized carbons (Fsp3) is 0.429. The van der Waals surface area contributed by atoms with Crippen LogP contribution in [0.4, 0.5) is 0 Å². The number of piperidine rings is 1. The molecule has 7 heteroatoms. The lowest BCUT2D eigenvalue weighted by atomic mass is 9.96. The molecule has 146 valence electrons. The highest BCUT2D eigenvalue weighted by atomic mass is 16.5. The Morgan fingerprint density at radius 1 is 1.36 bits per heavy atom. The smallest absolute Gasteiger partial charge is 0.259 e. The molecule has 4 heterocycles. The van der Waals surface area contributed by atoms with Crippen LogP contribution in [0.1, 0.15) is 58.9 Å². The lowest BCUT2D eigenvalue weighted by molar-refractivity contribution is 0.0700. The average Bonchev–Trinajstić information content (AvgIpc) is 3.34. The minimum atomic E-state index is 0.0191. The molecule has 3 aromatic heterocycles. The maximum Gasteiger partial charge on any atom is 0.259 e. The van der Waals surface area contributed by atoms with Gasteiger partial charge in [0.25, 0.3) is 5.91 Å². The molecule has 28 heavy (non-hydrogen) atoms. The molecular weight excluding hydrogens is 354 g/mol. The number of hydrogen-bond acceptors (Lipinski definition) is 5. The summed E-state index contributed by atoms with van der Waals surface area (Å²) >= 11 is 0. The summed E-state index contributed by atoms with van der Waals surface area (Å²) in [5.74, 6) is 1.86. The van der Waals surface area contributed by atoms with Crippen LogP contribution in [0.2, 0.25) is 0 Å². The van der Waals surface area contributed by atoms with Gasteiger partial charge in [0.2, 0.25) is 0 Å². The van der Waals surface area contributed by atoms with Gasteiger partial charge < -0.3 is 14.0 Å². The third-order valence-electron chi connectivity index (χ3n) is 5.38. The summed E-state index contributed by atoms with van der Waals surface area (Å²) in [5.41, 5.74) is 2.50. The zero-order chi connectivity index (χ0) is 19.5. The molecule has 1 atom stereocenters. The number of amides is 1. The van der Waals surface area contributed by atoms with E-state index >= 15 is 0 Å². The molecule has 1 saturated heterocycles. The molecule has 0 aliphatic carbocycles. The Kier molecular flexibility index (Phi) is 5.23. The van der Waals surface area contributed by atoms with Crippen LogP contribution >= 0.6 is 0 Å². The van der Waals surface area contributed by atoms with Gasteiger partial charge in [-0.3, -0.25) is 9.78 Å². The van der Waals surface area contributed by atoms with E-state index in [9.17, 15) is 4.79 Å². The Morgan fingerprint density at radius 2 is 2.25 bits per heavy atom. The predicted octanol–water partition coefficient (Wildman–Crippen LogP) is 3.21. The van der Waals surface area contributed by atoms with E-state index in [0.29, 0.717) is 24.3 Å². The number of carbonyl (C=O) groups is 1. The molecule has 1 amide bonds. The van der Waals surface area contributed by atoms with E-state index in [1.54, 1.807) is 13.1 Å². The first kappa shape index (κ1) is 18.4. The number of aryl methyl sites for hydroxylation is 2. The quantitative estimate of drug-likeness (QED) is 0.680. The Labute approximate surface area is 164 Å². The first-order valence-electron chi connectivity index (χ1n) is 9.81. The van der Waals surface area contributed by atoms with Crippen molar-refractivity contribution in [3.63, 3.8) is 0 Å². The maximum atomic E-state index is 13.1. The van der Waals surface area contributed by atoms with E-state index in [1.165, 1.54) is 0 Å². The van der Waals surface area contributed by atoms with Crippen LogP contribution < -0.4 is 0 Å². The third-order valence-corrected chi connectivity index (χ3v) is 5.38. The van der Waals surface area contributed by atoms with Crippen LogP contribution in [0, 0.1) is 6.92 Å². The largest absolute Gasteiger partial charge is 0.361 e. The van der Waals surface area contributed by atoms with Gasteiger partial charge in [-0.25, -0.2) is 4.98 Å². The van der Waals surface area contributed by atoms with Crippen molar-refractivity contribution in [1.82, 2.24) is 24.6 Å². The molecule has 0 saturated carbocycles. The molecule has 3 aromatic rings. The lowest BCUT2D eigenvalue weighted by Crippen LogP contribution is -2.40. The fourth-order valence-corrected chi connectivity index (χ4v) is 3.97. The number of pyridine rings is 1. The van der Waals surface area contributed by atoms with Crippen LogP contribution in [-0.2, 0) is 13.0 Å². The Morgan fingerprint density at radius 3 is 3.04 bits per heavy atom. The third kappa shape index (κ3) is 3.56. The normalized spacial score (nSPS) is 17.1. The van der Waals surface area contributed by atoms with Crippen molar-refractivity contribution in [2.45, 2.75) is 45.6 Å². The first-order chi connectivity index (χ1) is 13.7. The van der Waals surface area contributed by atoms with E-state index in [1.807, 2.05) is 36.5 Å². The summed E-state index contributed by atoms with van der Waals surface area (Å²) < 4.78 is 7.43. The van der Waals surface area contributed by atoms with Crippen LogP contribution in [0.15, 0.2) is 41.4 Å². The van der Waals surface area contributed by atoms with Crippen LogP contribution in [-0.4, -0.2) is 43.6 Å². The fourth-order valence-electron chi connectivity index (χ4n) is 3.97. The summed E-state index contributed by atoms with van der Waals surface area (Å²) in [4.78, 5) is 23.9. The molecule has 0 N–H and O–H groups in total. The van der Waals surface area contributed by atoms with E-state index in [4.69, 9.17) is 4.52 Å². The zero-order valence-corrected chi connectivity index (χ0v) is 16.3.